The van der Waals surface area contributed by atoms with E-state index in [2.05, 4.69) is 31.8 Å². The van der Waals surface area contributed by atoms with Crippen molar-refractivity contribution < 1.29 is 14.1 Å². The third-order valence-corrected chi connectivity index (χ3v) is 6.53. The van der Waals surface area contributed by atoms with Gasteiger partial charge in [-0.25, -0.2) is 0 Å². The first-order valence-electron chi connectivity index (χ1n) is 12.6. The molecule has 2 heterocycles. The molecule has 0 atom stereocenters. The number of aromatic nitrogens is 1. The van der Waals surface area contributed by atoms with E-state index < -0.39 is 5.41 Å². The van der Waals surface area contributed by atoms with Crippen LogP contribution in [0.25, 0.3) is 5.57 Å². The molecule has 0 radical (unpaired) electrons. The van der Waals surface area contributed by atoms with Crippen LogP contribution in [0, 0.1) is 0 Å². The topological polar surface area (TPSA) is 63.4 Å². The summed E-state index contributed by atoms with van der Waals surface area (Å²) >= 11 is 0. The number of nitrogens with zero attached hydrogens (tertiary/aromatic N) is 2. The second-order valence-corrected chi connectivity index (χ2v) is 8.83. The van der Waals surface area contributed by atoms with E-state index in [4.69, 9.17) is 4.52 Å². The monoisotopic (exact) mass is 498 g/mol. The van der Waals surface area contributed by atoms with Crippen molar-refractivity contribution in [3.8, 4) is 0 Å². The lowest BCUT2D eigenvalue weighted by Crippen LogP contribution is -2.48. The molecule has 1 aliphatic rings. The van der Waals surface area contributed by atoms with Gasteiger partial charge in [-0.15, -0.1) is 0 Å². The molecule has 0 N–H and O–H groups in total. The van der Waals surface area contributed by atoms with Gasteiger partial charge in [0.15, 0.2) is 0 Å². The van der Waals surface area contributed by atoms with Crippen LogP contribution in [0.2, 0.25) is 0 Å². The van der Waals surface area contributed by atoms with E-state index in [9.17, 15) is 9.59 Å². The van der Waals surface area contributed by atoms with Crippen molar-refractivity contribution in [2.45, 2.75) is 45.4 Å². The molecule has 0 aliphatic carbocycles. The van der Waals surface area contributed by atoms with Crippen molar-refractivity contribution in [1.82, 2.24) is 10.1 Å². The Morgan fingerprint density at radius 1 is 1.14 bits per heavy atom. The molecule has 0 spiro atoms. The van der Waals surface area contributed by atoms with Crippen LogP contribution in [-0.2, 0) is 10.2 Å². The van der Waals surface area contributed by atoms with E-state index in [0.717, 1.165) is 23.1 Å². The summed E-state index contributed by atoms with van der Waals surface area (Å²) in [4.78, 5) is 27.1. The summed E-state index contributed by atoms with van der Waals surface area (Å²) in [6, 6.07) is 11.5. The van der Waals surface area contributed by atoms with Crippen molar-refractivity contribution in [2.75, 3.05) is 13.1 Å². The summed E-state index contributed by atoms with van der Waals surface area (Å²) in [7, 11) is 0. The highest BCUT2D eigenvalue weighted by Gasteiger charge is 2.41. The average molecular weight is 499 g/mol. The number of piperidine rings is 1. The van der Waals surface area contributed by atoms with E-state index in [1.807, 2.05) is 67.6 Å². The molecule has 0 unspecified atom stereocenters. The van der Waals surface area contributed by atoms with Gasteiger partial charge in [0, 0.05) is 24.7 Å². The minimum atomic E-state index is -0.532. The lowest BCUT2D eigenvalue weighted by molar-refractivity contribution is -0.124. The zero-order chi connectivity index (χ0) is 27.3. The minimum absolute atomic E-state index is 0.141. The summed E-state index contributed by atoms with van der Waals surface area (Å²) in [5, 5.41) is 4.01. The molecule has 0 saturated carbocycles. The van der Waals surface area contributed by atoms with Crippen molar-refractivity contribution in [2.24, 2.45) is 0 Å². The third kappa shape index (κ3) is 7.74. The van der Waals surface area contributed by atoms with Gasteiger partial charge in [-0.05, 0) is 38.7 Å². The molecule has 194 valence electrons. The van der Waals surface area contributed by atoms with Gasteiger partial charge in [0.25, 0.3) is 5.91 Å². The Bertz CT molecular complexity index is 1170. The van der Waals surface area contributed by atoms with Gasteiger partial charge in [-0.2, -0.15) is 0 Å². The molecule has 1 aliphatic heterocycles. The zero-order valence-corrected chi connectivity index (χ0v) is 22.3. The van der Waals surface area contributed by atoms with Crippen LogP contribution in [0.1, 0.15) is 61.8 Å². The molecule has 0 bridgehead atoms. The lowest BCUT2D eigenvalue weighted by Gasteiger charge is -2.40. The highest BCUT2D eigenvalue weighted by atomic mass is 16.5. The predicted octanol–water partition coefficient (Wildman–Crippen LogP) is 7.28. The summed E-state index contributed by atoms with van der Waals surface area (Å²) < 4.78 is 5.31. The smallest absolute Gasteiger partial charge is 0.292 e. The molecule has 5 heteroatoms. The highest BCUT2D eigenvalue weighted by Crippen LogP contribution is 2.37. The highest BCUT2D eigenvalue weighted by molar-refractivity contribution is 5.93. The molecule has 1 amide bonds. The van der Waals surface area contributed by atoms with Crippen molar-refractivity contribution >= 4 is 17.3 Å². The lowest BCUT2D eigenvalue weighted by atomic mass is 9.70. The van der Waals surface area contributed by atoms with Gasteiger partial charge in [-0.1, -0.05) is 110 Å². The first-order chi connectivity index (χ1) is 17.8. The minimum Gasteiger partial charge on any atom is -0.350 e. The van der Waals surface area contributed by atoms with E-state index in [0.29, 0.717) is 31.6 Å². The van der Waals surface area contributed by atoms with Gasteiger partial charge in [0.2, 0.25) is 5.76 Å². The molecule has 2 aromatic rings. The first-order valence-corrected chi connectivity index (χ1v) is 12.6. The second-order valence-electron chi connectivity index (χ2n) is 8.83. The Hall–Kier alpha value is -3.99. The summed E-state index contributed by atoms with van der Waals surface area (Å²) in [5.74, 6) is 0.133. The van der Waals surface area contributed by atoms with E-state index in [-0.39, 0.29) is 17.5 Å². The first kappa shape index (κ1) is 29.2. The van der Waals surface area contributed by atoms with Crippen LogP contribution in [0.4, 0.5) is 0 Å². The summed E-state index contributed by atoms with van der Waals surface area (Å²) in [6.45, 7) is 17.7. The summed E-state index contributed by atoms with van der Waals surface area (Å²) in [5.41, 5.74) is 2.98. The van der Waals surface area contributed by atoms with Crippen molar-refractivity contribution in [1.29, 1.82) is 0 Å². The van der Waals surface area contributed by atoms with Gasteiger partial charge in [0.05, 0.1) is 5.41 Å². The number of ketones is 1. The molecule has 1 fully saturated rings. The van der Waals surface area contributed by atoms with Crippen LogP contribution in [-0.4, -0.2) is 34.8 Å². The van der Waals surface area contributed by atoms with E-state index >= 15 is 0 Å². The van der Waals surface area contributed by atoms with E-state index in [1.165, 1.54) is 0 Å². The standard InChI is InChI=1S/C24H26N2O3.C8H12/c1-4-6-10-19(5-2)21-17-22(29-25-21)23(28)26-15-13-24(14-16-26,18(3)27)20-11-8-7-9-12-20;1-4-6-7-8(3)5-2/h4-12,17H,2,13-16H2,1,3H3;4,6-7H,1,3,5H2,2H3/b6-4-,19-10+;7-6-. The Balaban J connectivity index is 0.000000521. The Morgan fingerprint density at radius 3 is 2.35 bits per heavy atom. The molecular weight excluding hydrogens is 460 g/mol. The molecule has 1 saturated heterocycles. The Kier molecular flexibility index (Phi) is 11.5. The van der Waals surface area contributed by atoms with E-state index in [1.54, 1.807) is 30.0 Å². The number of carbonyl (C=O) groups is 2. The number of rotatable bonds is 9. The molecule has 3 rings (SSSR count). The van der Waals surface area contributed by atoms with Crippen LogP contribution in [0.15, 0.2) is 109 Å². The fraction of sp³-hybridized carbons (Fsp3) is 0.281. The normalized spacial score (nSPS) is 15.2. The Morgan fingerprint density at radius 2 is 1.81 bits per heavy atom. The van der Waals surface area contributed by atoms with Gasteiger partial charge < -0.3 is 9.42 Å². The van der Waals surface area contributed by atoms with Crippen molar-refractivity contribution in [3.05, 3.63) is 121 Å². The SMILES string of the molecule is C=C/C(=C\C=C/C)c1cc(C(=O)N2CCC(C(C)=O)(c3ccccc3)CC2)on1.C=C/C=C\C(=C)CC. The number of hydrogen-bond acceptors (Lipinski definition) is 4. The van der Waals surface area contributed by atoms with Crippen molar-refractivity contribution in [3.63, 3.8) is 0 Å². The number of Topliss-reactive ketones (excluding diaryl/α,β-unsaturated/α-hetero) is 1. The molecule has 1 aromatic heterocycles. The quantitative estimate of drug-likeness (QED) is 0.341. The van der Waals surface area contributed by atoms with Gasteiger partial charge in [0.1, 0.15) is 11.5 Å². The Labute approximate surface area is 221 Å². The molecule has 5 nitrogen and oxygen atoms in total. The van der Waals surface area contributed by atoms with Crippen LogP contribution >= 0.6 is 0 Å². The molecule has 37 heavy (non-hydrogen) atoms. The largest absolute Gasteiger partial charge is 0.350 e. The number of likely N-dealkylation sites (tertiary alicyclic amines) is 1. The maximum Gasteiger partial charge on any atom is 0.292 e. The number of allylic oxidation sites excluding steroid dienone is 9. The molecule has 1 aromatic carbocycles. The van der Waals surface area contributed by atoms with Crippen LogP contribution in [0.5, 0.6) is 0 Å². The third-order valence-electron chi connectivity index (χ3n) is 6.53. The zero-order valence-electron chi connectivity index (χ0n) is 22.3. The van der Waals surface area contributed by atoms with Gasteiger partial charge >= 0.3 is 0 Å². The fourth-order valence-electron chi connectivity index (χ4n) is 4.14. The van der Waals surface area contributed by atoms with Gasteiger partial charge in [-0.3, -0.25) is 9.59 Å². The molecular formula is C32H38N2O3. The predicted molar refractivity (Wildman–Crippen MR) is 152 cm³/mol. The van der Waals surface area contributed by atoms with Crippen LogP contribution in [0.3, 0.4) is 0 Å². The number of benzene rings is 1. The second kappa shape index (κ2) is 14.5. The maximum absolute atomic E-state index is 12.9. The number of hydrogen-bond donors (Lipinski definition) is 0. The number of carbonyl (C=O) groups excluding carboxylic acids is 2. The average Bonchev–Trinajstić information content (AvgIpc) is 3.42. The number of amides is 1. The van der Waals surface area contributed by atoms with Crippen LogP contribution < -0.4 is 0 Å². The summed E-state index contributed by atoms with van der Waals surface area (Å²) in [6.07, 6.45) is 15.1. The fourth-order valence-corrected chi connectivity index (χ4v) is 4.14. The maximum atomic E-state index is 12.9.